The molecule has 0 saturated carbocycles. The Morgan fingerprint density at radius 3 is 2.58 bits per heavy atom. The first-order chi connectivity index (χ1) is 11.6. The molecular weight excluding hydrogens is 363 g/mol. The molecule has 0 unspecified atom stereocenters. The van der Waals surface area contributed by atoms with Crippen molar-refractivity contribution < 1.29 is 0 Å². The molecule has 0 aliphatic rings. The predicted molar refractivity (Wildman–Crippen MR) is 101 cm³/mol. The fraction of sp³-hybridized carbons (Fsp3) is 0.176. The van der Waals surface area contributed by atoms with Crippen LogP contribution in [0.5, 0.6) is 0 Å². The summed E-state index contributed by atoms with van der Waals surface area (Å²) in [5, 5.41) is 10.1. The van der Waals surface area contributed by atoms with Crippen LogP contribution in [0.2, 0.25) is 10.0 Å². The molecule has 0 saturated heterocycles. The van der Waals surface area contributed by atoms with Gasteiger partial charge in [-0.1, -0.05) is 65.3 Å². The van der Waals surface area contributed by atoms with Gasteiger partial charge < -0.3 is 5.84 Å². The number of thioether (sulfide) groups is 1. The number of hydrogen-bond donors (Lipinski definition) is 1. The Kier molecular flexibility index (Phi) is 5.66. The largest absolute Gasteiger partial charge is 0.335 e. The molecule has 4 nitrogen and oxygen atoms in total. The number of rotatable bonds is 6. The molecule has 0 aliphatic carbocycles. The highest BCUT2D eigenvalue weighted by atomic mass is 35.5. The Bertz CT molecular complexity index is 821. The first-order valence-corrected chi connectivity index (χ1v) is 9.22. The van der Waals surface area contributed by atoms with E-state index < -0.39 is 0 Å². The highest BCUT2D eigenvalue weighted by molar-refractivity contribution is 7.99. The molecule has 3 rings (SSSR count). The molecule has 2 aromatic carbocycles. The van der Waals surface area contributed by atoms with Gasteiger partial charge in [0, 0.05) is 16.3 Å². The number of aryl methyl sites for hydroxylation is 1. The zero-order valence-electron chi connectivity index (χ0n) is 12.8. The lowest BCUT2D eigenvalue weighted by Gasteiger charge is -2.06. The van der Waals surface area contributed by atoms with E-state index in [2.05, 4.69) is 34.5 Å². The lowest BCUT2D eigenvalue weighted by molar-refractivity contribution is 0.844. The van der Waals surface area contributed by atoms with E-state index in [1.54, 1.807) is 30.0 Å². The Hall–Kier alpha value is -1.69. The summed E-state index contributed by atoms with van der Waals surface area (Å²) in [6, 6.07) is 15.6. The topological polar surface area (TPSA) is 56.7 Å². The molecule has 1 aromatic heterocycles. The van der Waals surface area contributed by atoms with Crippen molar-refractivity contribution in [2.45, 2.75) is 18.0 Å². The summed E-state index contributed by atoms with van der Waals surface area (Å²) in [5.74, 6) is 7.56. The van der Waals surface area contributed by atoms with E-state index in [-0.39, 0.29) is 0 Å². The second-order valence-electron chi connectivity index (χ2n) is 5.24. The van der Waals surface area contributed by atoms with E-state index in [9.17, 15) is 0 Å². The summed E-state index contributed by atoms with van der Waals surface area (Å²) in [6.07, 6.45) is 2.07. The molecule has 0 bridgehead atoms. The van der Waals surface area contributed by atoms with Gasteiger partial charge in [0.2, 0.25) is 5.16 Å². The summed E-state index contributed by atoms with van der Waals surface area (Å²) in [6.45, 7) is 0. The monoisotopic (exact) mass is 378 g/mol. The zero-order valence-corrected chi connectivity index (χ0v) is 15.2. The van der Waals surface area contributed by atoms with Crippen LogP contribution in [0.15, 0.2) is 53.7 Å². The fourth-order valence-corrected chi connectivity index (χ4v) is 3.60. The summed E-state index contributed by atoms with van der Waals surface area (Å²) >= 11 is 13.7. The van der Waals surface area contributed by atoms with Crippen molar-refractivity contribution in [3.05, 3.63) is 64.1 Å². The van der Waals surface area contributed by atoms with Crippen molar-refractivity contribution in [1.82, 2.24) is 14.9 Å². The minimum Gasteiger partial charge on any atom is -0.335 e. The molecule has 0 aliphatic heterocycles. The zero-order chi connectivity index (χ0) is 16.9. The third-order valence-electron chi connectivity index (χ3n) is 3.52. The number of halogens is 2. The quantitative estimate of drug-likeness (QED) is 0.384. The van der Waals surface area contributed by atoms with Crippen molar-refractivity contribution in [1.29, 1.82) is 0 Å². The van der Waals surface area contributed by atoms with Crippen molar-refractivity contribution in [2.24, 2.45) is 0 Å². The van der Waals surface area contributed by atoms with Crippen LogP contribution in [0, 0.1) is 0 Å². The van der Waals surface area contributed by atoms with Crippen LogP contribution in [-0.4, -0.2) is 20.6 Å². The molecule has 0 amide bonds. The molecule has 2 N–H and O–H groups in total. The molecule has 1 heterocycles. The number of nitrogen functional groups attached to an aromatic ring is 1. The highest BCUT2D eigenvalue weighted by Crippen LogP contribution is 2.30. The number of nitrogens with zero attached hydrogens (tertiary/aromatic N) is 3. The predicted octanol–water partition coefficient (Wildman–Crippen LogP) is 4.69. The second-order valence-corrected chi connectivity index (χ2v) is 7.14. The van der Waals surface area contributed by atoms with Crippen LogP contribution in [0.4, 0.5) is 0 Å². The third-order valence-corrected chi connectivity index (χ3v) is 5.10. The minimum atomic E-state index is 0.502. The molecule has 24 heavy (non-hydrogen) atoms. The van der Waals surface area contributed by atoms with Gasteiger partial charge in [-0.25, -0.2) is 4.68 Å². The van der Waals surface area contributed by atoms with E-state index >= 15 is 0 Å². The van der Waals surface area contributed by atoms with Gasteiger partial charge in [0.15, 0.2) is 5.82 Å². The maximum atomic E-state index is 6.21. The first kappa shape index (κ1) is 17.1. The summed E-state index contributed by atoms with van der Waals surface area (Å²) in [5.41, 5.74) is 2.05. The number of benzene rings is 2. The molecule has 3 aromatic rings. The SMILES string of the molecule is Nn1c(SCCCc2ccccc2)nnc1-c1ccc(Cl)cc1Cl. The van der Waals surface area contributed by atoms with Crippen LogP contribution in [0.3, 0.4) is 0 Å². The molecule has 0 spiro atoms. The van der Waals surface area contributed by atoms with Crippen LogP contribution in [-0.2, 0) is 6.42 Å². The van der Waals surface area contributed by atoms with Gasteiger partial charge in [-0.05, 0) is 36.6 Å². The van der Waals surface area contributed by atoms with Gasteiger partial charge in [0.05, 0.1) is 5.02 Å². The van der Waals surface area contributed by atoms with Gasteiger partial charge in [0.25, 0.3) is 0 Å². The Morgan fingerprint density at radius 2 is 1.83 bits per heavy atom. The van der Waals surface area contributed by atoms with Crippen molar-refractivity contribution in [2.75, 3.05) is 11.6 Å². The Labute approximate surface area is 155 Å². The molecule has 0 radical (unpaired) electrons. The molecule has 7 heteroatoms. The van der Waals surface area contributed by atoms with E-state index in [1.165, 1.54) is 10.2 Å². The van der Waals surface area contributed by atoms with Gasteiger partial charge >= 0.3 is 0 Å². The standard InChI is InChI=1S/C17H16Cl2N4S/c18-13-8-9-14(15(19)11-13)16-21-22-17(23(16)20)24-10-4-7-12-5-2-1-3-6-12/h1-3,5-6,8-9,11H,4,7,10,20H2. The molecule has 0 atom stereocenters. The van der Waals surface area contributed by atoms with Crippen LogP contribution < -0.4 is 5.84 Å². The van der Waals surface area contributed by atoms with Crippen LogP contribution in [0.1, 0.15) is 12.0 Å². The summed E-state index contributed by atoms with van der Waals surface area (Å²) in [4.78, 5) is 0. The molecular formula is C17H16Cl2N4S. The molecule has 0 fully saturated rings. The Balaban J connectivity index is 1.62. The first-order valence-electron chi connectivity index (χ1n) is 7.48. The van der Waals surface area contributed by atoms with Crippen LogP contribution >= 0.6 is 35.0 Å². The maximum absolute atomic E-state index is 6.21. The van der Waals surface area contributed by atoms with E-state index in [0.717, 1.165) is 18.6 Å². The van der Waals surface area contributed by atoms with E-state index in [1.807, 2.05) is 6.07 Å². The van der Waals surface area contributed by atoms with Gasteiger partial charge in [-0.3, -0.25) is 0 Å². The van der Waals surface area contributed by atoms with Crippen LogP contribution in [0.25, 0.3) is 11.4 Å². The fourth-order valence-electron chi connectivity index (χ4n) is 2.31. The van der Waals surface area contributed by atoms with E-state index in [4.69, 9.17) is 29.0 Å². The average Bonchev–Trinajstić information content (AvgIpc) is 2.93. The summed E-state index contributed by atoms with van der Waals surface area (Å²) in [7, 11) is 0. The van der Waals surface area contributed by atoms with Gasteiger partial charge in [0.1, 0.15) is 0 Å². The lowest BCUT2D eigenvalue weighted by Crippen LogP contribution is -2.11. The lowest BCUT2D eigenvalue weighted by atomic mass is 10.1. The third kappa shape index (κ3) is 4.04. The van der Waals surface area contributed by atoms with Gasteiger partial charge in [-0.2, -0.15) is 0 Å². The average molecular weight is 379 g/mol. The summed E-state index contributed by atoms with van der Waals surface area (Å²) < 4.78 is 1.47. The molecule has 124 valence electrons. The van der Waals surface area contributed by atoms with Crippen molar-refractivity contribution in [3.8, 4) is 11.4 Å². The van der Waals surface area contributed by atoms with Crippen molar-refractivity contribution >= 4 is 35.0 Å². The number of aromatic nitrogens is 3. The number of hydrogen-bond acceptors (Lipinski definition) is 4. The number of nitrogens with two attached hydrogens (primary N) is 1. The minimum absolute atomic E-state index is 0.502. The highest BCUT2D eigenvalue weighted by Gasteiger charge is 2.14. The smallest absolute Gasteiger partial charge is 0.210 e. The maximum Gasteiger partial charge on any atom is 0.210 e. The second kappa shape index (κ2) is 7.92. The Morgan fingerprint density at radius 1 is 1.04 bits per heavy atom. The van der Waals surface area contributed by atoms with E-state index in [0.29, 0.717) is 26.6 Å². The van der Waals surface area contributed by atoms with Gasteiger partial charge in [-0.15, -0.1) is 10.2 Å². The van der Waals surface area contributed by atoms with Crippen molar-refractivity contribution in [3.63, 3.8) is 0 Å². The normalized spacial score (nSPS) is 10.9.